The maximum Gasteiger partial charge on any atom is 0.181 e. The Kier molecular flexibility index (Phi) is 2.67. The largest absolute Gasteiger partial charge is 0.262 e. The average Bonchev–Trinajstić information content (AvgIpc) is 3.00. The van der Waals surface area contributed by atoms with Crippen molar-refractivity contribution in [2.75, 3.05) is 0 Å². The summed E-state index contributed by atoms with van der Waals surface area (Å²) in [6.45, 7) is 2.09. The van der Waals surface area contributed by atoms with Crippen LogP contribution in [-0.2, 0) is 0 Å². The first kappa shape index (κ1) is 10.5. The van der Waals surface area contributed by atoms with Gasteiger partial charge in [0.1, 0.15) is 5.82 Å². The quantitative estimate of drug-likeness (QED) is 0.853. The number of hydrogen-bond acceptors (Lipinski definition) is 2. The highest BCUT2D eigenvalue weighted by Crippen LogP contribution is 2.32. The van der Waals surface area contributed by atoms with E-state index in [0.717, 1.165) is 17.2 Å². The van der Waals surface area contributed by atoms with Crippen molar-refractivity contribution in [3.8, 4) is 11.4 Å². The standard InChI is InChI=1S/C14H17N3/c1-10-5-4-8-12(9-10)14-15-13(16-17-14)11-6-2-3-7-11/h4-5,8-9,11H,2-3,6-7H2,1H3,(H,15,16,17). The zero-order chi connectivity index (χ0) is 11.7. The second-order valence-corrected chi connectivity index (χ2v) is 4.90. The fourth-order valence-corrected chi connectivity index (χ4v) is 2.57. The molecule has 0 amide bonds. The first-order chi connectivity index (χ1) is 8.33. The van der Waals surface area contributed by atoms with Crippen molar-refractivity contribution in [3.63, 3.8) is 0 Å². The van der Waals surface area contributed by atoms with E-state index in [1.54, 1.807) is 0 Å². The van der Waals surface area contributed by atoms with E-state index in [9.17, 15) is 0 Å². The van der Waals surface area contributed by atoms with Crippen LogP contribution in [0.5, 0.6) is 0 Å². The fourth-order valence-electron chi connectivity index (χ4n) is 2.57. The maximum absolute atomic E-state index is 4.64. The molecule has 1 aliphatic rings. The van der Waals surface area contributed by atoms with E-state index in [1.165, 1.54) is 31.2 Å². The van der Waals surface area contributed by atoms with Gasteiger partial charge >= 0.3 is 0 Å². The average molecular weight is 227 g/mol. The molecular formula is C14H17N3. The molecule has 1 N–H and O–H groups in total. The van der Waals surface area contributed by atoms with Crippen LogP contribution in [0.15, 0.2) is 24.3 Å². The van der Waals surface area contributed by atoms with Gasteiger partial charge in [-0.25, -0.2) is 4.98 Å². The van der Waals surface area contributed by atoms with Crippen molar-refractivity contribution in [2.45, 2.75) is 38.5 Å². The SMILES string of the molecule is Cc1cccc(-c2n[nH]c(C3CCCC3)n2)c1. The monoisotopic (exact) mass is 227 g/mol. The van der Waals surface area contributed by atoms with Gasteiger partial charge < -0.3 is 0 Å². The summed E-state index contributed by atoms with van der Waals surface area (Å²) in [6.07, 6.45) is 5.15. The van der Waals surface area contributed by atoms with Gasteiger partial charge in [-0.2, -0.15) is 5.10 Å². The van der Waals surface area contributed by atoms with Crippen LogP contribution in [-0.4, -0.2) is 15.2 Å². The van der Waals surface area contributed by atoms with Crippen LogP contribution in [0.4, 0.5) is 0 Å². The Labute approximate surface area is 101 Å². The van der Waals surface area contributed by atoms with Gasteiger partial charge in [0.2, 0.25) is 0 Å². The summed E-state index contributed by atoms with van der Waals surface area (Å²) in [7, 11) is 0. The number of aromatic amines is 1. The molecule has 0 unspecified atom stereocenters. The predicted octanol–water partition coefficient (Wildman–Crippen LogP) is 3.44. The first-order valence-electron chi connectivity index (χ1n) is 6.32. The molecule has 3 rings (SSSR count). The van der Waals surface area contributed by atoms with Crippen LogP contribution >= 0.6 is 0 Å². The van der Waals surface area contributed by atoms with E-state index < -0.39 is 0 Å². The third kappa shape index (κ3) is 2.09. The predicted molar refractivity (Wildman–Crippen MR) is 67.8 cm³/mol. The Hall–Kier alpha value is -1.64. The Bertz CT molecular complexity index is 510. The van der Waals surface area contributed by atoms with Gasteiger partial charge in [0.05, 0.1) is 0 Å². The number of H-pyrrole nitrogens is 1. The lowest BCUT2D eigenvalue weighted by atomic mass is 10.1. The number of hydrogen-bond donors (Lipinski definition) is 1. The zero-order valence-corrected chi connectivity index (χ0v) is 10.1. The smallest absolute Gasteiger partial charge is 0.181 e. The van der Waals surface area contributed by atoms with Crippen molar-refractivity contribution in [2.24, 2.45) is 0 Å². The highest BCUT2D eigenvalue weighted by molar-refractivity contribution is 5.55. The molecule has 1 aromatic carbocycles. The molecule has 1 saturated carbocycles. The van der Waals surface area contributed by atoms with Crippen LogP contribution in [0, 0.1) is 6.92 Å². The molecule has 0 atom stereocenters. The second kappa shape index (κ2) is 4.32. The molecule has 3 heteroatoms. The molecular weight excluding hydrogens is 210 g/mol. The van der Waals surface area contributed by atoms with Gasteiger partial charge in [-0.3, -0.25) is 5.10 Å². The highest BCUT2D eigenvalue weighted by atomic mass is 15.2. The number of aromatic nitrogens is 3. The normalized spacial score (nSPS) is 16.5. The number of nitrogens with one attached hydrogen (secondary N) is 1. The van der Waals surface area contributed by atoms with Crippen molar-refractivity contribution in [1.82, 2.24) is 15.2 Å². The summed E-state index contributed by atoms with van der Waals surface area (Å²) < 4.78 is 0. The molecule has 0 spiro atoms. The molecule has 0 saturated heterocycles. The molecule has 1 aliphatic carbocycles. The molecule has 88 valence electrons. The summed E-state index contributed by atoms with van der Waals surface area (Å²) >= 11 is 0. The van der Waals surface area contributed by atoms with Crippen molar-refractivity contribution in [3.05, 3.63) is 35.7 Å². The Balaban J connectivity index is 1.89. The number of nitrogens with zero attached hydrogens (tertiary/aromatic N) is 2. The number of benzene rings is 1. The number of rotatable bonds is 2. The van der Waals surface area contributed by atoms with Gasteiger partial charge in [-0.15, -0.1) is 0 Å². The molecule has 0 bridgehead atoms. The zero-order valence-electron chi connectivity index (χ0n) is 10.1. The van der Waals surface area contributed by atoms with Crippen LogP contribution in [0.1, 0.15) is 43.0 Å². The van der Waals surface area contributed by atoms with Crippen molar-refractivity contribution < 1.29 is 0 Å². The Morgan fingerprint density at radius 3 is 2.82 bits per heavy atom. The van der Waals surface area contributed by atoms with E-state index in [4.69, 9.17) is 0 Å². The molecule has 0 aliphatic heterocycles. The molecule has 17 heavy (non-hydrogen) atoms. The summed E-state index contributed by atoms with van der Waals surface area (Å²) in [4.78, 5) is 4.64. The van der Waals surface area contributed by atoms with Crippen LogP contribution in [0.25, 0.3) is 11.4 Å². The molecule has 3 nitrogen and oxygen atoms in total. The van der Waals surface area contributed by atoms with Gasteiger partial charge in [-0.1, -0.05) is 36.6 Å². The third-order valence-electron chi connectivity index (χ3n) is 3.52. The van der Waals surface area contributed by atoms with Crippen LogP contribution in [0.3, 0.4) is 0 Å². The van der Waals surface area contributed by atoms with E-state index in [2.05, 4.69) is 46.4 Å². The van der Waals surface area contributed by atoms with E-state index in [1.807, 2.05) is 0 Å². The molecule has 1 fully saturated rings. The molecule has 1 heterocycles. The van der Waals surface area contributed by atoms with E-state index in [-0.39, 0.29) is 0 Å². The van der Waals surface area contributed by atoms with Crippen LogP contribution in [0.2, 0.25) is 0 Å². The van der Waals surface area contributed by atoms with E-state index >= 15 is 0 Å². The lowest BCUT2D eigenvalue weighted by Gasteiger charge is -2.02. The van der Waals surface area contributed by atoms with Gasteiger partial charge in [0.15, 0.2) is 5.82 Å². The maximum atomic E-state index is 4.64. The van der Waals surface area contributed by atoms with Crippen molar-refractivity contribution in [1.29, 1.82) is 0 Å². The van der Waals surface area contributed by atoms with Crippen LogP contribution < -0.4 is 0 Å². The second-order valence-electron chi connectivity index (χ2n) is 4.90. The summed E-state index contributed by atoms with van der Waals surface area (Å²) in [5.41, 5.74) is 2.35. The summed E-state index contributed by atoms with van der Waals surface area (Å²) in [6, 6.07) is 8.33. The number of aryl methyl sites for hydroxylation is 1. The topological polar surface area (TPSA) is 41.6 Å². The minimum atomic E-state index is 0.598. The van der Waals surface area contributed by atoms with E-state index in [0.29, 0.717) is 5.92 Å². The lowest BCUT2D eigenvalue weighted by molar-refractivity contribution is 0.672. The third-order valence-corrected chi connectivity index (χ3v) is 3.52. The minimum absolute atomic E-state index is 0.598. The van der Waals surface area contributed by atoms with Crippen molar-refractivity contribution >= 4 is 0 Å². The first-order valence-corrected chi connectivity index (χ1v) is 6.32. The molecule has 2 aromatic rings. The Morgan fingerprint density at radius 1 is 1.24 bits per heavy atom. The van der Waals surface area contributed by atoms with Gasteiger partial charge in [0, 0.05) is 11.5 Å². The fraction of sp³-hybridized carbons (Fsp3) is 0.429. The lowest BCUT2D eigenvalue weighted by Crippen LogP contribution is -1.94. The minimum Gasteiger partial charge on any atom is -0.262 e. The highest BCUT2D eigenvalue weighted by Gasteiger charge is 2.20. The van der Waals surface area contributed by atoms with Gasteiger partial charge in [-0.05, 0) is 25.8 Å². The summed E-state index contributed by atoms with van der Waals surface area (Å²) in [5.74, 6) is 2.50. The summed E-state index contributed by atoms with van der Waals surface area (Å²) in [5, 5.41) is 7.44. The van der Waals surface area contributed by atoms with Gasteiger partial charge in [0.25, 0.3) is 0 Å². The molecule has 1 aromatic heterocycles. The Morgan fingerprint density at radius 2 is 2.06 bits per heavy atom. The molecule has 0 radical (unpaired) electrons.